The van der Waals surface area contributed by atoms with E-state index in [0.717, 1.165) is 11.1 Å². The molecule has 0 bridgehead atoms. The second-order valence-electron chi connectivity index (χ2n) is 10.1. The highest BCUT2D eigenvalue weighted by Gasteiger charge is 2.31. The summed E-state index contributed by atoms with van der Waals surface area (Å²) in [5, 5.41) is 3.95. The molecule has 38 heavy (non-hydrogen) atoms. The summed E-state index contributed by atoms with van der Waals surface area (Å²) in [5.41, 5.74) is 2.66. The van der Waals surface area contributed by atoms with Gasteiger partial charge in [-0.05, 0) is 46.7 Å². The number of hydrogen-bond donors (Lipinski definition) is 1. The summed E-state index contributed by atoms with van der Waals surface area (Å²) in [6.07, 6.45) is 0.351. The van der Waals surface area contributed by atoms with Crippen molar-refractivity contribution in [3.8, 4) is 5.75 Å². The Balaban J connectivity index is 1.95. The number of para-hydroxylation sites is 1. The summed E-state index contributed by atoms with van der Waals surface area (Å²) >= 11 is 12.6. The number of carbonyl (C=O) groups excluding carboxylic acids is 2. The lowest BCUT2D eigenvalue weighted by molar-refractivity contribution is -0.142. The summed E-state index contributed by atoms with van der Waals surface area (Å²) < 4.78 is 6.03. The number of ether oxygens (including phenoxy) is 1. The molecular weight excluding hydrogens is 519 g/mol. The van der Waals surface area contributed by atoms with E-state index in [4.69, 9.17) is 27.9 Å². The van der Waals surface area contributed by atoms with E-state index < -0.39 is 6.04 Å². The molecular formula is C31H36Cl2N2O3. The third-order valence-corrected chi connectivity index (χ3v) is 6.79. The minimum Gasteiger partial charge on any atom is -0.483 e. The van der Waals surface area contributed by atoms with E-state index in [0.29, 0.717) is 34.3 Å². The summed E-state index contributed by atoms with van der Waals surface area (Å²) in [7, 11) is 0. The fraction of sp³-hybridized carbons (Fsp3) is 0.355. The van der Waals surface area contributed by atoms with Crippen molar-refractivity contribution in [3.63, 3.8) is 0 Å². The molecule has 202 valence electrons. The second-order valence-corrected chi connectivity index (χ2v) is 10.9. The Labute approximate surface area is 236 Å². The van der Waals surface area contributed by atoms with Gasteiger partial charge in [-0.1, -0.05) is 105 Å². The van der Waals surface area contributed by atoms with Gasteiger partial charge in [0.25, 0.3) is 5.91 Å². The maximum absolute atomic E-state index is 13.8. The maximum atomic E-state index is 13.8. The first-order valence-electron chi connectivity index (χ1n) is 12.9. The number of halogens is 2. The standard InChI is InChI=1S/C31H36Cl2N2O3/c1-21(2)18-34-31(37)28(16-23-10-6-5-7-11-23)35(19-24-14-15-25(32)17-27(24)33)30(36)20-38-29-13-9-8-12-26(29)22(3)4/h5-15,17,21-22,28H,16,18-20H2,1-4H3,(H,34,37)/t28-/m1/s1. The van der Waals surface area contributed by atoms with Crippen LogP contribution in [0.4, 0.5) is 0 Å². The number of nitrogens with one attached hydrogen (secondary N) is 1. The Morgan fingerprint density at radius 2 is 1.61 bits per heavy atom. The van der Waals surface area contributed by atoms with Crippen LogP contribution < -0.4 is 10.1 Å². The summed E-state index contributed by atoms with van der Waals surface area (Å²) in [4.78, 5) is 28.9. The highest BCUT2D eigenvalue weighted by molar-refractivity contribution is 6.35. The molecule has 0 unspecified atom stereocenters. The lowest BCUT2D eigenvalue weighted by Crippen LogP contribution is -2.52. The number of carbonyl (C=O) groups is 2. The van der Waals surface area contributed by atoms with Crippen molar-refractivity contribution in [1.82, 2.24) is 10.2 Å². The molecule has 0 saturated heterocycles. The molecule has 0 aliphatic rings. The van der Waals surface area contributed by atoms with Gasteiger partial charge in [0.15, 0.2) is 6.61 Å². The summed E-state index contributed by atoms with van der Waals surface area (Å²) in [6.45, 7) is 8.65. The zero-order valence-electron chi connectivity index (χ0n) is 22.4. The molecule has 0 radical (unpaired) electrons. The molecule has 3 rings (SSSR count). The van der Waals surface area contributed by atoms with E-state index in [1.54, 1.807) is 23.1 Å². The lowest BCUT2D eigenvalue weighted by Gasteiger charge is -2.32. The average molecular weight is 556 g/mol. The average Bonchev–Trinajstić information content (AvgIpc) is 2.89. The summed E-state index contributed by atoms with van der Waals surface area (Å²) in [5.74, 6) is 0.628. The number of benzene rings is 3. The SMILES string of the molecule is CC(C)CNC(=O)[C@@H](Cc1ccccc1)N(Cc1ccc(Cl)cc1Cl)C(=O)COc1ccccc1C(C)C. The van der Waals surface area contributed by atoms with Gasteiger partial charge in [0, 0.05) is 29.6 Å². The first kappa shape index (κ1) is 29.5. The van der Waals surface area contributed by atoms with Gasteiger partial charge in [-0.3, -0.25) is 9.59 Å². The van der Waals surface area contributed by atoms with E-state index in [1.807, 2.05) is 68.4 Å². The van der Waals surface area contributed by atoms with E-state index in [2.05, 4.69) is 19.2 Å². The minimum absolute atomic E-state index is 0.136. The van der Waals surface area contributed by atoms with Crippen molar-refractivity contribution < 1.29 is 14.3 Å². The monoisotopic (exact) mass is 554 g/mol. The van der Waals surface area contributed by atoms with Crippen LogP contribution in [0.5, 0.6) is 5.75 Å². The smallest absolute Gasteiger partial charge is 0.261 e. The van der Waals surface area contributed by atoms with Gasteiger partial charge in [0.2, 0.25) is 5.91 Å². The predicted molar refractivity (Wildman–Crippen MR) is 155 cm³/mol. The van der Waals surface area contributed by atoms with Crippen LogP contribution in [-0.4, -0.2) is 35.9 Å². The van der Waals surface area contributed by atoms with Crippen LogP contribution >= 0.6 is 23.2 Å². The lowest BCUT2D eigenvalue weighted by atomic mass is 10.0. The molecule has 0 saturated carbocycles. The number of nitrogens with zero attached hydrogens (tertiary/aromatic N) is 1. The van der Waals surface area contributed by atoms with Gasteiger partial charge in [0.05, 0.1) is 0 Å². The molecule has 0 fully saturated rings. The van der Waals surface area contributed by atoms with Gasteiger partial charge in [-0.15, -0.1) is 0 Å². The zero-order valence-corrected chi connectivity index (χ0v) is 23.9. The van der Waals surface area contributed by atoms with Crippen molar-refractivity contribution >= 4 is 35.0 Å². The molecule has 3 aromatic rings. The topological polar surface area (TPSA) is 58.6 Å². The Bertz CT molecular complexity index is 1210. The van der Waals surface area contributed by atoms with Crippen molar-refractivity contribution in [3.05, 3.63) is 99.5 Å². The van der Waals surface area contributed by atoms with Crippen LogP contribution in [0.25, 0.3) is 0 Å². The van der Waals surface area contributed by atoms with E-state index in [1.165, 1.54) is 0 Å². The van der Waals surface area contributed by atoms with Crippen LogP contribution in [-0.2, 0) is 22.6 Å². The van der Waals surface area contributed by atoms with E-state index >= 15 is 0 Å². The Hall–Kier alpha value is -3.02. The van der Waals surface area contributed by atoms with Crippen LogP contribution in [0.3, 0.4) is 0 Å². The fourth-order valence-corrected chi connectivity index (χ4v) is 4.59. The van der Waals surface area contributed by atoms with Gasteiger partial charge < -0.3 is 15.0 Å². The molecule has 0 aromatic heterocycles. The molecule has 1 N–H and O–H groups in total. The zero-order chi connectivity index (χ0) is 27.7. The molecule has 0 aliphatic heterocycles. The molecule has 1 atom stereocenters. The van der Waals surface area contributed by atoms with Crippen molar-refractivity contribution in [2.24, 2.45) is 5.92 Å². The summed E-state index contributed by atoms with van der Waals surface area (Å²) in [6, 6.07) is 21.8. The number of rotatable bonds is 12. The molecule has 0 aliphatic carbocycles. The third kappa shape index (κ3) is 8.50. The second kappa shape index (κ2) is 14.2. The predicted octanol–water partition coefficient (Wildman–Crippen LogP) is 6.91. The quantitative estimate of drug-likeness (QED) is 0.264. The molecule has 0 heterocycles. The van der Waals surface area contributed by atoms with Crippen LogP contribution in [0, 0.1) is 5.92 Å². The highest BCUT2D eigenvalue weighted by Crippen LogP contribution is 2.27. The van der Waals surface area contributed by atoms with Gasteiger partial charge >= 0.3 is 0 Å². The van der Waals surface area contributed by atoms with Gasteiger partial charge in [-0.2, -0.15) is 0 Å². The van der Waals surface area contributed by atoms with Crippen LogP contribution in [0.15, 0.2) is 72.8 Å². The maximum Gasteiger partial charge on any atom is 0.261 e. The Kier molecular flexibility index (Phi) is 11.1. The van der Waals surface area contributed by atoms with Crippen molar-refractivity contribution in [2.75, 3.05) is 13.2 Å². The molecule has 2 amide bonds. The minimum atomic E-state index is -0.765. The first-order valence-corrected chi connectivity index (χ1v) is 13.7. The van der Waals surface area contributed by atoms with Gasteiger partial charge in [-0.25, -0.2) is 0 Å². The molecule has 7 heteroatoms. The number of amides is 2. The van der Waals surface area contributed by atoms with Crippen LogP contribution in [0.2, 0.25) is 10.0 Å². The van der Waals surface area contributed by atoms with Crippen molar-refractivity contribution in [1.29, 1.82) is 0 Å². The Morgan fingerprint density at radius 3 is 2.26 bits per heavy atom. The van der Waals surface area contributed by atoms with Crippen LogP contribution in [0.1, 0.15) is 50.3 Å². The number of hydrogen-bond acceptors (Lipinski definition) is 3. The fourth-order valence-electron chi connectivity index (χ4n) is 4.12. The van der Waals surface area contributed by atoms with Gasteiger partial charge in [0.1, 0.15) is 11.8 Å². The van der Waals surface area contributed by atoms with E-state index in [-0.39, 0.29) is 36.8 Å². The molecule has 5 nitrogen and oxygen atoms in total. The molecule has 3 aromatic carbocycles. The third-order valence-electron chi connectivity index (χ3n) is 6.20. The van der Waals surface area contributed by atoms with Crippen molar-refractivity contribution in [2.45, 2.75) is 52.6 Å². The first-order chi connectivity index (χ1) is 18.2. The highest BCUT2D eigenvalue weighted by atomic mass is 35.5. The Morgan fingerprint density at radius 1 is 0.921 bits per heavy atom. The largest absolute Gasteiger partial charge is 0.483 e. The normalized spacial score (nSPS) is 11.9. The van der Waals surface area contributed by atoms with E-state index in [9.17, 15) is 9.59 Å². The molecule has 0 spiro atoms.